The zero-order valence-electron chi connectivity index (χ0n) is 10.3. The SMILES string of the molecule is N#Cc1cccc(C(=O)OCc2ccc(Cl)cc2Cl)c1. The van der Waals surface area contributed by atoms with Gasteiger partial charge in [-0.05, 0) is 30.3 Å². The number of nitrogens with zero attached hydrogens (tertiary/aromatic N) is 1. The van der Waals surface area contributed by atoms with Crippen LogP contribution in [0.1, 0.15) is 21.5 Å². The molecule has 2 aromatic carbocycles. The Kier molecular flexibility index (Phi) is 4.62. The third kappa shape index (κ3) is 3.51. The highest BCUT2D eigenvalue weighted by molar-refractivity contribution is 6.35. The van der Waals surface area contributed by atoms with E-state index in [4.69, 9.17) is 33.2 Å². The molecule has 0 heterocycles. The van der Waals surface area contributed by atoms with Crippen molar-refractivity contribution in [2.45, 2.75) is 6.61 Å². The molecule has 0 aliphatic heterocycles. The van der Waals surface area contributed by atoms with Crippen molar-refractivity contribution in [3.8, 4) is 6.07 Å². The molecule has 0 bridgehead atoms. The summed E-state index contributed by atoms with van der Waals surface area (Å²) in [6.45, 7) is 0.0472. The van der Waals surface area contributed by atoms with E-state index in [1.807, 2.05) is 6.07 Å². The zero-order valence-corrected chi connectivity index (χ0v) is 11.8. The lowest BCUT2D eigenvalue weighted by Crippen LogP contribution is -2.05. The molecule has 2 rings (SSSR count). The van der Waals surface area contributed by atoms with Gasteiger partial charge in [0.25, 0.3) is 0 Å². The monoisotopic (exact) mass is 305 g/mol. The zero-order chi connectivity index (χ0) is 14.5. The first-order valence-electron chi connectivity index (χ1n) is 5.71. The van der Waals surface area contributed by atoms with E-state index in [9.17, 15) is 4.79 Å². The molecule has 100 valence electrons. The van der Waals surface area contributed by atoms with Gasteiger partial charge in [0, 0.05) is 15.6 Å². The highest BCUT2D eigenvalue weighted by Crippen LogP contribution is 2.22. The highest BCUT2D eigenvalue weighted by atomic mass is 35.5. The van der Waals surface area contributed by atoms with Crippen LogP contribution in [0.25, 0.3) is 0 Å². The molecule has 20 heavy (non-hydrogen) atoms. The standard InChI is InChI=1S/C15H9Cl2NO2/c16-13-5-4-12(14(17)7-13)9-20-15(19)11-3-1-2-10(6-11)8-18/h1-7H,9H2. The number of halogens is 2. The fourth-order valence-corrected chi connectivity index (χ4v) is 2.04. The first kappa shape index (κ1) is 14.4. The summed E-state index contributed by atoms with van der Waals surface area (Å²) in [7, 11) is 0. The first-order valence-corrected chi connectivity index (χ1v) is 6.47. The number of nitriles is 1. The summed E-state index contributed by atoms with van der Waals surface area (Å²) in [6, 6.07) is 13.2. The molecule has 0 spiro atoms. The normalized spacial score (nSPS) is 9.85. The van der Waals surface area contributed by atoms with E-state index in [0.717, 1.165) is 0 Å². The predicted octanol–water partition coefficient (Wildman–Crippen LogP) is 4.22. The Morgan fingerprint density at radius 3 is 2.70 bits per heavy atom. The van der Waals surface area contributed by atoms with Crippen LogP contribution in [0.5, 0.6) is 0 Å². The molecule has 0 unspecified atom stereocenters. The maximum Gasteiger partial charge on any atom is 0.338 e. The van der Waals surface area contributed by atoms with Gasteiger partial charge in [-0.3, -0.25) is 0 Å². The molecule has 0 radical (unpaired) electrons. The molecule has 0 fully saturated rings. The molecule has 5 heteroatoms. The van der Waals surface area contributed by atoms with E-state index < -0.39 is 5.97 Å². The van der Waals surface area contributed by atoms with Crippen molar-refractivity contribution in [3.63, 3.8) is 0 Å². The van der Waals surface area contributed by atoms with Crippen LogP contribution in [0.15, 0.2) is 42.5 Å². The van der Waals surface area contributed by atoms with Crippen LogP contribution in [0.3, 0.4) is 0 Å². The molecule has 0 saturated heterocycles. The Labute approximate surface area is 126 Å². The van der Waals surface area contributed by atoms with Crippen molar-refractivity contribution in [3.05, 3.63) is 69.2 Å². The van der Waals surface area contributed by atoms with Gasteiger partial charge in [0.2, 0.25) is 0 Å². The second kappa shape index (κ2) is 6.42. The highest BCUT2D eigenvalue weighted by Gasteiger charge is 2.09. The topological polar surface area (TPSA) is 50.1 Å². The van der Waals surface area contributed by atoms with E-state index in [1.165, 1.54) is 6.07 Å². The van der Waals surface area contributed by atoms with E-state index in [-0.39, 0.29) is 6.61 Å². The van der Waals surface area contributed by atoms with E-state index in [1.54, 1.807) is 36.4 Å². The smallest absolute Gasteiger partial charge is 0.338 e. The van der Waals surface area contributed by atoms with Crippen LogP contribution < -0.4 is 0 Å². The molecule has 0 aliphatic carbocycles. The third-order valence-corrected chi connectivity index (χ3v) is 3.19. The van der Waals surface area contributed by atoms with E-state index >= 15 is 0 Å². The Morgan fingerprint density at radius 2 is 2.00 bits per heavy atom. The molecule has 0 N–H and O–H groups in total. The summed E-state index contributed by atoms with van der Waals surface area (Å²) >= 11 is 11.8. The summed E-state index contributed by atoms with van der Waals surface area (Å²) in [6.07, 6.45) is 0. The third-order valence-electron chi connectivity index (χ3n) is 2.60. The molecular weight excluding hydrogens is 297 g/mol. The predicted molar refractivity (Wildman–Crippen MR) is 76.7 cm³/mol. The molecule has 0 atom stereocenters. The molecular formula is C15H9Cl2NO2. The number of benzene rings is 2. The van der Waals surface area contributed by atoms with Gasteiger partial charge in [-0.1, -0.05) is 35.3 Å². The molecule has 3 nitrogen and oxygen atoms in total. The van der Waals surface area contributed by atoms with Gasteiger partial charge in [0.05, 0.1) is 17.2 Å². The maximum atomic E-state index is 11.9. The quantitative estimate of drug-likeness (QED) is 0.798. The van der Waals surface area contributed by atoms with Crippen LogP contribution >= 0.6 is 23.2 Å². The van der Waals surface area contributed by atoms with Gasteiger partial charge < -0.3 is 4.74 Å². The minimum Gasteiger partial charge on any atom is -0.457 e. The fraction of sp³-hybridized carbons (Fsp3) is 0.0667. The Morgan fingerprint density at radius 1 is 1.20 bits per heavy atom. The Balaban J connectivity index is 2.07. The second-order valence-corrected chi connectivity index (χ2v) is 4.85. The van der Waals surface area contributed by atoms with Gasteiger partial charge in [-0.2, -0.15) is 5.26 Å². The summed E-state index contributed by atoms with van der Waals surface area (Å²) in [4.78, 5) is 11.9. The number of carbonyl (C=O) groups excluding carboxylic acids is 1. The van der Waals surface area contributed by atoms with Crippen LogP contribution in [0.2, 0.25) is 10.0 Å². The minimum atomic E-state index is -0.506. The van der Waals surface area contributed by atoms with Gasteiger partial charge in [-0.25, -0.2) is 4.79 Å². The molecule has 0 amide bonds. The van der Waals surface area contributed by atoms with Crippen LogP contribution in [0.4, 0.5) is 0 Å². The molecule has 0 aliphatic rings. The Bertz CT molecular complexity index is 693. The van der Waals surface area contributed by atoms with Crippen molar-refractivity contribution in [2.24, 2.45) is 0 Å². The van der Waals surface area contributed by atoms with Crippen molar-refractivity contribution in [1.29, 1.82) is 5.26 Å². The lowest BCUT2D eigenvalue weighted by atomic mass is 10.1. The van der Waals surface area contributed by atoms with Crippen molar-refractivity contribution < 1.29 is 9.53 Å². The van der Waals surface area contributed by atoms with E-state index in [2.05, 4.69) is 0 Å². The lowest BCUT2D eigenvalue weighted by Gasteiger charge is -2.07. The fourth-order valence-electron chi connectivity index (χ4n) is 1.58. The van der Waals surface area contributed by atoms with Crippen LogP contribution in [-0.2, 0) is 11.3 Å². The van der Waals surface area contributed by atoms with Crippen LogP contribution in [-0.4, -0.2) is 5.97 Å². The molecule has 0 aromatic heterocycles. The van der Waals surface area contributed by atoms with Crippen molar-refractivity contribution >= 4 is 29.2 Å². The number of carbonyl (C=O) groups is 1. The molecule has 0 saturated carbocycles. The summed E-state index contributed by atoms with van der Waals surface area (Å²) in [5.41, 5.74) is 1.40. The summed E-state index contributed by atoms with van der Waals surface area (Å²) < 4.78 is 5.16. The first-order chi connectivity index (χ1) is 9.60. The van der Waals surface area contributed by atoms with Crippen LogP contribution in [0, 0.1) is 11.3 Å². The summed E-state index contributed by atoms with van der Waals surface area (Å²) in [5, 5.41) is 9.74. The van der Waals surface area contributed by atoms with Gasteiger partial charge in [0.1, 0.15) is 6.61 Å². The number of esters is 1. The number of hydrogen-bond donors (Lipinski definition) is 0. The lowest BCUT2D eigenvalue weighted by molar-refractivity contribution is 0.0473. The molecule has 2 aromatic rings. The number of rotatable bonds is 3. The number of hydrogen-bond acceptors (Lipinski definition) is 3. The maximum absolute atomic E-state index is 11.9. The summed E-state index contributed by atoms with van der Waals surface area (Å²) in [5.74, 6) is -0.506. The van der Waals surface area contributed by atoms with Gasteiger partial charge in [-0.15, -0.1) is 0 Å². The number of ether oxygens (including phenoxy) is 1. The largest absolute Gasteiger partial charge is 0.457 e. The van der Waals surface area contributed by atoms with Crippen molar-refractivity contribution in [2.75, 3.05) is 0 Å². The minimum absolute atomic E-state index is 0.0472. The second-order valence-electron chi connectivity index (χ2n) is 4.00. The van der Waals surface area contributed by atoms with Gasteiger partial charge >= 0.3 is 5.97 Å². The van der Waals surface area contributed by atoms with E-state index in [0.29, 0.717) is 26.7 Å². The Hall–Kier alpha value is -2.02. The van der Waals surface area contributed by atoms with Crippen molar-refractivity contribution in [1.82, 2.24) is 0 Å². The average Bonchev–Trinajstić information content (AvgIpc) is 2.46. The average molecular weight is 306 g/mol. The van der Waals surface area contributed by atoms with Gasteiger partial charge in [0.15, 0.2) is 0 Å².